The van der Waals surface area contributed by atoms with Gasteiger partial charge in [0.1, 0.15) is 0 Å². The molecule has 0 heterocycles. The van der Waals surface area contributed by atoms with Gasteiger partial charge in [-0.1, -0.05) is 33.3 Å². The minimum Gasteiger partial charge on any atom is -0.466 e. The Labute approximate surface area is 157 Å². The molecule has 1 rings (SSSR count). The monoisotopic (exact) mass is 408 g/mol. The summed E-state index contributed by atoms with van der Waals surface area (Å²) in [6.45, 7) is 10.6. The van der Waals surface area contributed by atoms with Crippen LogP contribution in [0.2, 0.25) is 0 Å². The Morgan fingerprint density at radius 1 is 1.32 bits per heavy atom. The Balaban J connectivity index is 0.000000547. The highest BCUT2D eigenvalue weighted by Crippen LogP contribution is 2.31. The first-order valence-electron chi connectivity index (χ1n) is 7.81. The number of rotatable bonds is 3. The molecule has 0 aromatic rings. The Morgan fingerprint density at radius 3 is 2.40 bits per heavy atom. The summed E-state index contributed by atoms with van der Waals surface area (Å²) < 4.78 is 9.46. The van der Waals surface area contributed by atoms with Gasteiger partial charge in [0.2, 0.25) is 0 Å². The van der Waals surface area contributed by atoms with Crippen LogP contribution in [0.25, 0.3) is 4.85 Å². The molecule has 0 saturated heterocycles. The topological polar surface area (TPSA) is 80.8 Å². The molecular formula is C18H21BrN2O4. The summed E-state index contributed by atoms with van der Waals surface area (Å²) in [7, 11) is 0. The molecule has 0 aromatic carbocycles. The van der Waals surface area contributed by atoms with Crippen molar-refractivity contribution in [2.45, 2.75) is 39.5 Å². The molecule has 0 aliphatic heterocycles. The quantitative estimate of drug-likeness (QED) is 0.235. The van der Waals surface area contributed by atoms with E-state index in [2.05, 4.69) is 37.4 Å². The maximum Gasteiger partial charge on any atom is 0.308 e. The minimum atomic E-state index is -0.293. The number of hydrogen-bond donors (Lipinski definition) is 0. The molecule has 1 aliphatic rings. The van der Waals surface area contributed by atoms with Crippen LogP contribution >= 0.6 is 15.9 Å². The van der Waals surface area contributed by atoms with Gasteiger partial charge in [-0.05, 0) is 32.6 Å². The molecule has 0 atom stereocenters. The zero-order valence-electron chi connectivity index (χ0n) is 14.4. The fraction of sp³-hybridized carbons (Fsp3) is 0.556. The number of nitriles is 1. The smallest absolute Gasteiger partial charge is 0.308 e. The van der Waals surface area contributed by atoms with Crippen molar-refractivity contribution < 1.29 is 19.1 Å². The molecule has 0 bridgehead atoms. The van der Waals surface area contributed by atoms with Crippen LogP contribution in [-0.2, 0) is 19.1 Å². The van der Waals surface area contributed by atoms with Crippen LogP contribution in [0.4, 0.5) is 0 Å². The molecular weight excluding hydrogens is 388 g/mol. The zero-order valence-corrected chi connectivity index (χ0v) is 16.0. The van der Waals surface area contributed by atoms with Crippen molar-refractivity contribution >= 4 is 27.9 Å². The number of carbonyl (C=O) groups is 2. The van der Waals surface area contributed by atoms with Crippen LogP contribution in [0, 0.1) is 35.7 Å². The third-order valence-corrected chi connectivity index (χ3v) is 3.58. The summed E-state index contributed by atoms with van der Waals surface area (Å²) in [6.07, 6.45) is 2.70. The Kier molecular flexibility index (Phi) is 12.8. The first-order valence-corrected chi connectivity index (χ1v) is 8.93. The predicted molar refractivity (Wildman–Crippen MR) is 96.0 cm³/mol. The highest BCUT2D eigenvalue weighted by molar-refractivity contribution is 9.09. The van der Waals surface area contributed by atoms with Crippen molar-refractivity contribution in [1.29, 1.82) is 5.26 Å². The van der Waals surface area contributed by atoms with Gasteiger partial charge in [-0.2, -0.15) is 0 Å². The Morgan fingerprint density at radius 2 is 1.96 bits per heavy atom. The van der Waals surface area contributed by atoms with Gasteiger partial charge in [0.25, 0.3) is 5.70 Å². The SMILES string of the molecule is CC(=O)OCC#CCBr.[C-]#[N+]C(C#N)=C1CCC(C(=O)OCC)CC1. The highest BCUT2D eigenvalue weighted by atomic mass is 79.9. The van der Waals surface area contributed by atoms with Gasteiger partial charge < -0.3 is 9.47 Å². The fourth-order valence-corrected chi connectivity index (χ4v) is 2.32. The minimum absolute atomic E-state index is 0.0608. The number of ether oxygens (including phenoxy) is 2. The number of hydrogen-bond acceptors (Lipinski definition) is 5. The van der Waals surface area contributed by atoms with Crippen LogP contribution in [0.3, 0.4) is 0 Å². The van der Waals surface area contributed by atoms with Gasteiger partial charge in [0.15, 0.2) is 6.61 Å². The lowest BCUT2D eigenvalue weighted by molar-refractivity contribution is -0.148. The summed E-state index contributed by atoms with van der Waals surface area (Å²) in [4.78, 5) is 24.7. The summed E-state index contributed by atoms with van der Waals surface area (Å²) in [5.74, 6) is 4.82. The summed E-state index contributed by atoms with van der Waals surface area (Å²) >= 11 is 3.10. The summed E-state index contributed by atoms with van der Waals surface area (Å²) in [5.41, 5.74) is 1.08. The lowest BCUT2D eigenvalue weighted by Crippen LogP contribution is -2.21. The molecule has 0 spiro atoms. The molecule has 7 heteroatoms. The average molecular weight is 409 g/mol. The third kappa shape index (κ3) is 10.2. The molecule has 0 radical (unpaired) electrons. The first kappa shape index (κ1) is 22.7. The highest BCUT2D eigenvalue weighted by Gasteiger charge is 2.25. The number of esters is 2. The average Bonchev–Trinajstić information content (AvgIpc) is 2.61. The molecule has 6 nitrogen and oxygen atoms in total. The maximum atomic E-state index is 11.4. The molecule has 0 unspecified atom stereocenters. The largest absolute Gasteiger partial charge is 0.466 e. The van der Waals surface area contributed by atoms with Crippen molar-refractivity contribution in [2.24, 2.45) is 5.92 Å². The van der Waals surface area contributed by atoms with E-state index in [1.807, 2.05) is 6.07 Å². The van der Waals surface area contributed by atoms with Crippen molar-refractivity contribution in [2.75, 3.05) is 18.5 Å². The number of halogens is 1. The summed E-state index contributed by atoms with van der Waals surface area (Å²) in [5, 5.41) is 9.34. The molecule has 0 aromatic heterocycles. The van der Waals surface area contributed by atoms with Gasteiger partial charge in [-0.3, -0.25) is 9.59 Å². The second kappa shape index (κ2) is 14.1. The van der Waals surface area contributed by atoms with Crippen LogP contribution in [-0.4, -0.2) is 30.5 Å². The van der Waals surface area contributed by atoms with E-state index in [9.17, 15) is 9.59 Å². The summed E-state index contributed by atoms with van der Waals surface area (Å²) in [6, 6.07) is 1.90. The van der Waals surface area contributed by atoms with Gasteiger partial charge in [-0.15, -0.1) is 0 Å². The normalized spacial score (nSPS) is 15.1. The van der Waals surface area contributed by atoms with E-state index < -0.39 is 0 Å². The number of alkyl halides is 1. The Bertz CT molecular complexity index is 606. The van der Waals surface area contributed by atoms with Crippen molar-refractivity contribution in [3.05, 3.63) is 22.7 Å². The molecule has 25 heavy (non-hydrogen) atoms. The fourth-order valence-electron chi connectivity index (χ4n) is 2.12. The lowest BCUT2D eigenvalue weighted by atomic mass is 9.85. The number of nitrogens with zero attached hydrogens (tertiary/aromatic N) is 2. The van der Waals surface area contributed by atoms with E-state index in [1.54, 1.807) is 6.92 Å². The van der Waals surface area contributed by atoms with Crippen LogP contribution < -0.4 is 0 Å². The van der Waals surface area contributed by atoms with E-state index in [4.69, 9.17) is 16.6 Å². The van der Waals surface area contributed by atoms with Gasteiger partial charge in [0.05, 0.1) is 30.5 Å². The van der Waals surface area contributed by atoms with Crippen LogP contribution in [0.1, 0.15) is 39.5 Å². The van der Waals surface area contributed by atoms with Crippen LogP contribution in [0.15, 0.2) is 11.3 Å². The van der Waals surface area contributed by atoms with E-state index in [1.165, 1.54) is 6.92 Å². The van der Waals surface area contributed by atoms with Crippen molar-refractivity contribution in [3.8, 4) is 17.9 Å². The molecule has 134 valence electrons. The number of allylic oxidation sites excluding steroid dienone is 2. The van der Waals surface area contributed by atoms with Gasteiger partial charge >= 0.3 is 11.9 Å². The molecule has 0 amide bonds. The molecule has 0 N–H and O–H groups in total. The molecule has 1 saturated carbocycles. The van der Waals surface area contributed by atoms with E-state index in [0.29, 0.717) is 37.6 Å². The molecule has 1 fully saturated rings. The van der Waals surface area contributed by atoms with E-state index >= 15 is 0 Å². The van der Waals surface area contributed by atoms with Gasteiger partial charge in [0, 0.05) is 6.92 Å². The number of carbonyl (C=O) groups excluding carboxylic acids is 2. The third-order valence-electron chi connectivity index (χ3n) is 3.30. The first-order chi connectivity index (χ1) is 12.0. The van der Waals surface area contributed by atoms with Crippen molar-refractivity contribution in [1.82, 2.24) is 0 Å². The van der Waals surface area contributed by atoms with Crippen LogP contribution in [0.5, 0.6) is 0 Å². The van der Waals surface area contributed by atoms with E-state index in [0.717, 1.165) is 5.57 Å². The van der Waals surface area contributed by atoms with Crippen molar-refractivity contribution in [3.63, 3.8) is 0 Å². The Hall–Kier alpha value is -2.30. The predicted octanol–water partition coefficient (Wildman–Crippen LogP) is 3.38. The van der Waals surface area contributed by atoms with E-state index in [-0.39, 0.29) is 30.2 Å². The standard InChI is InChI=1S/C12H14N2O2.C6H7BrO2/c1-3-16-12(15)10-6-4-9(5-7-10)11(8-13)14-2;1-6(8)9-5-3-2-4-7/h10H,3-7H2,1H3;4-5H2,1H3. The maximum absolute atomic E-state index is 11.4. The second-order valence-corrected chi connectivity index (χ2v) is 5.53. The zero-order chi connectivity index (χ0) is 19.1. The second-order valence-electron chi connectivity index (χ2n) is 4.97. The molecule has 1 aliphatic carbocycles. The van der Waals surface area contributed by atoms with Gasteiger partial charge in [-0.25, -0.2) is 10.1 Å². The lowest BCUT2D eigenvalue weighted by Gasteiger charge is -2.22.